The van der Waals surface area contributed by atoms with Gasteiger partial charge >= 0.3 is 0 Å². The zero-order valence-corrected chi connectivity index (χ0v) is 19.0. The molecule has 0 unspecified atom stereocenters. The van der Waals surface area contributed by atoms with Gasteiger partial charge in [-0.05, 0) is 36.5 Å². The predicted molar refractivity (Wildman–Crippen MR) is 125 cm³/mol. The minimum atomic E-state index is -0.676. The number of piperidine rings is 1. The Kier molecular flexibility index (Phi) is 7.07. The highest BCUT2D eigenvalue weighted by Gasteiger charge is 2.29. The summed E-state index contributed by atoms with van der Waals surface area (Å²) in [4.78, 5) is 28.2. The fourth-order valence-corrected chi connectivity index (χ4v) is 4.03. The van der Waals surface area contributed by atoms with Crippen LogP contribution in [-0.4, -0.2) is 48.1 Å². The van der Waals surface area contributed by atoms with E-state index in [4.69, 9.17) is 9.26 Å². The quantitative estimate of drug-likeness (QED) is 0.593. The summed E-state index contributed by atoms with van der Waals surface area (Å²) in [5, 5.41) is 6.84. The predicted octanol–water partition coefficient (Wildman–Crippen LogP) is 3.95. The highest BCUT2D eigenvalue weighted by Crippen LogP contribution is 2.24. The average Bonchev–Trinajstić information content (AvgIpc) is 3.35. The molecule has 2 heterocycles. The molecule has 1 N–H and O–H groups in total. The Bertz CT molecular complexity index is 1090. The molecule has 1 aliphatic rings. The minimum Gasteiger partial charge on any atom is -0.497 e. The van der Waals surface area contributed by atoms with E-state index in [1.54, 1.807) is 19.2 Å². The number of hydrogen-bond donors (Lipinski definition) is 1. The first-order valence-electron chi connectivity index (χ1n) is 11.3. The second kappa shape index (κ2) is 10.3. The molecular formula is C26H29N3O4. The molecule has 7 nitrogen and oxygen atoms in total. The molecule has 1 fully saturated rings. The highest BCUT2D eigenvalue weighted by molar-refractivity contribution is 5.96. The molecular weight excluding hydrogens is 418 g/mol. The van der Waals surface area contributed by atoms with E-state index in [0.29, 0.717) is 36.9 Å². The van der Waals surface area contributed by atoms with Gasteiger partial charge in [0.1, 0.15) is 11.8 Å². The van der Waals surface area contributed by atoms with Gasteiger partial charge in [-0.1, -0.05) is 54.5 Å². The summed E-state index contributed by atoms with van der Waals surface area (Å²) in [6.07, 6.45) is 2.37. The Morgan fingerprint density at radius 1 is 1.12 bits per heavy atom. The van der Waals surface area contributed by atoms with Crippen LogP contribution in [0.1, 0.15) is 35.8 Å². The van der Waals surface area contributed by atoms with E-state index in [2.05, 4.69) is 17.4 Å². The van der Waals surface area contributed by atoms with Crippen LogP contribution in [0, 0.1) is 5.92 Å². The van der Waals surface area contributed by atoms with Gasteiger partial charge < -0.3 is 19.5 Å². The van der Waals surface area contributed by atoms with E-state index in [0.717, 1.165) is 24.0 Å². The Morgan fingerprint density at radius 3 is 2.61 bits per heavy atom. The molecule has 1 aliphatic heterocycles. The van der Waals surface area contributed by atoms with Crippen molar-refractivity contribution in [2.45, 2.75) is 32.2 Å². The highest BCUT2D eigenvalue weighted by atomic mass is 16.5. The molecule has 0 radical (unpaired) electrons. The van der Waals surface area contributed by atoms with E-state index in [-0.39, 0.29) is 11.6 Å². The van der Waals surface area contributed by atoms with Crippen LogP contribution in [0.4, 0.5) is 0 Å². The van der Waals surface area contributed by atoms with Crippen LogP contribution < -0.4 is 10.1 Å². The Hall–Kier alpha value is -3.61. The molecule has 0 bridgehead atoms. The summed E-state index contributed by atoms with van der Waals surface area (Å²) in [5.74, 6) is 1.25. The summed E-state index contributed by atoms with van der Waals surface area (Å²) < 4.78 is 10.6. The smallest absolute Gasteiger partial charge is 0.274 e. The van der Waals surface area contributed by atoms with Crippen molar-refractivity contribution in [1.82, 2.24) is 15.4 Å². The maximum atomic E-state index is 13.3. The zero-order chi connectivity index (χ0) is 23.2. The number of carbonyl (C=O) groups is 2. The average molecular weight is 448 g/mol. The monoisotopic (exact) mass is 447 g/mol. The standard InChI is InChI=1S/C26H29N3O4/c1-18-11-13-29(14-12-18)26(31)23(15-19-7-4-3-5-8-19)27-25(30)22-17-24(33-28-22)20-9-6-10-21(16-20)32-2/h3-10,16-18,23H,11-15H2,1-2H3,(H,27,30)/t23-/m0/s1. The first kappa shape index (κ1) is 22.6. The third-order valence-corrected chi connectivity index (χ3v) is 6.08. The number of ether oxygens (including phenoxy) is 1. The number of benzene rings is 2. The van der Waals surface area contributed by atoms with E-state index in [1.165, 1.54) is 0 Å². The number of hydrogen-bond acceptors (Lipinski definition) is 5. The molecule has 2 aromatic carbocycles. The molecule has 172 valence electrons. The van der Waals surface area contributed by atoms with Gasteiger partial charge in [-0.15, -0.1) is 0 Å². The Morgan fingerprint density at radius 2 is 1.88 bits per heavy atom. The van der Waals surface area contributed by atoms with Crippen molar-refractivity contribution in [1.29, 1.82) is 0 Å². The molecule has 1 saturated heterocycles. The van der Waals surface area contributed by atoms with Crippen LogP contribution in [0.3, 0.4) is 0 Å². The third kappa shape index (κ3) is 5.61. The summed E-state index contributed by atoms with van der Waals surface area (Å²) in [6.45, 7) is 3.63. The first-order valence-corrected chi connectivity index (χ1v) is 11.3. The van der Waals surface area contributed by atoms with Gasteiger partial charge in [-0.25, -0.2) is 0 Å². The third-order valence-electron chi connectivity index (χ3n) is 6.08. The topological polar surface area (TPSA) is 84.7 Å². The van der Waals surface area contributed by atoms with E-state index >= 15 is 0 Å². The number of nitrogens with one attached hydrogen (secondary N) is 1. The van der Waals surface area contributed by atoms with Gasteiger partial charge in [0, 0.05) is 31.1 Å². The fourth-order valence-electron chi connectivity index (χ4n) is 4.03. The zero-order valence-electron chi connectivity index (χ0n) is 19.0. The van der Waals surface area contributed by atoms with Crippen LogP contribution in [0.5, 0.6) is 5.75 Å². The van der Waals surface area contributed by atoms with Crippen LogP contribution >= 0.6 is 0 Å². The van der Waals surface area contributed by atoms with Gasteiger partial charge in [-0.3, -0.25) is 9.59 Å². The van der Waals surface area contributed by atoms with Crippen molar-refractivity contribution in [3.05, 3.63) is 71.9 Å². The van der Waals surface area contributed by atoms with Gasteiger partial charge in [-0.2, -0.15) is 0 Å². The molecule has 4 rings (SSSR count). The minimum absolute atomic E-state index is 0.0596. The Balaban J connectivity index is 1.51. The van der Waals surface area contributed by atoms with E-state index < -0.39 is 11.9 Å². The molecule has 3 aromatic rings. The molecule has 33 heavy (non-hydrogen) atoms. The van der Waals surface area contributed by atoms with E-state index in [1.807, 2.05) is 53.4 Å². The second-order valence-electron chi connectivity index (χ2n) is 8.53. The van der Waals surface area contributed by atoms with Crippen LogP contribution in [0.2, 0.25) is 0 Å². The van der Waals surface area contributed by atoms with Gasteiger partial charge in [0.05, 0.1) is 7.11 Å². The molecule has 0 saturated carbocycles. The second-order valence-corrected chi connectivity index (χ2v) is 8.53. The van der Waals surface area contributed by atoms with Crippen molar-refractivity contribution in [2.75, 3.05) is 20.2 Å². The number of aromatic nitrogens is 1. The maximum Gasteiger partial charge on any atom is 0.274 e. The fraction of sp³-hybridized carbons (Fsp3) is 0.346. The number of nitrogens with zero attached hydrogens (tertiary/aromatic N) is 2. The molecule has 0 aliphatic carbocycles. The van der Waals surface area contributed by atoms with Crippen molar-refractivity contribution >= 4 is 11.8 Å². The molecule has 1 aromatic heterocycles. The number of rotatable bonds is 7. The SMILES string of the molecule is COc1cccc(-c2cc(C(=O)N[C@@H](Cc3ccccc3)C(=O)N3CCC(C)CC3)no2)c1. The number of methoxy groups -OCH3 is 1. The number of likely N-dealkylation sites (tertiary alicyclic amines) is 1. The Labute approximate surface area is 193 Å². The lowest BCUT2D eigenvalue weighted by atomic mass is 9.97. The maximum absolute atomic E-state index is 13.3. The lowest BCUT2D eigenvalue weighted by Crippen LogP contribution is -2.51. The normalized spacial score (nSPS) is 15.2. The summed E-state index contributed by atoms with van der Waals surface area (Å²) in [6, 6.07) is 17.9. The van der Waals surface area contributed by atoms with Gasteiger partial charge in [0.15, 0.2) is 11.5 Å². The number of amides is 2. The van der Waals surface area contributed by atoms with Gasteiger partial charge in [0.25, 0.3) is 5.91 Å². The lowest BCUT2D eigenvalue weighted by Gasteiger charge is -2.33. The number of carbonyl (C=O) groups excluding carboxylic acids is 2. The molecule has 1 atom stereocenters. The molecule has 7 heteroatoms. The molecule has 2 amide bonds. The van der Waals surface area contributed by atoms with E-state index in [9.17, 15) is 9.59 Å². The lowest BCUT2D eigenvalue weighted by molar-refractivity contribution is -0.134. The van der Waals surface area contributed by atoms with Gasteiger partial charge in [0.2, 0.25) is 5.91 Å². The van der Waals surface area contributed by atoms with Crippen molar-refractivity contribution in [3.8, 4) is 17.1 Å². The summed E-state index contributed by atoms with van der Waals surface area (Å²) in [5.41, 5.74) is 1.87. The molecule has 0 spiro atoms. The van der Waals surface area contributed by atoms with Crippen molar-refractivity contribution in [2.24, 2.45) is 5.92 Å². The van der Waals surface area contributed by atoms with Crippen molar-refractivity contribution in [3.63, 3.8) is 0 Å². The van der Waals surface area contributed by atoms with Crippen LogP contribution in [0.25, 0.3) is 11.3 Å². The summed E-state index contributed by atoms with van der Waals surface area (Å²) >= 11 is 0. The summed E-state index contributed by atoms with van der Waals surface area (Å²) in [7, 11) is 1.59. The van der Waals surface area contributed by atoms with Crippen LogP contribution in [0.15, 0.2) is 65.2 Å². The van der Waals surface area contributed by atoms with Crippen LogP contribution in [-0.2, 0) is 11.2 Å². The van der Waals surface area contributed by atoms with Crippen molar-refractivity contribution < 1.29 is 18.8 Å². The first-order chi connectivity index (χ1) is 16.0. The largest absolute Gasteiger partial charge is 0.497 e.